The molecule has 0 fully saturated rings. The highest BCUT2D eigenvalue weighted by atomic mass is 19.3. The molecule has 2 aromatic rings. The molecule has 2 rings (SSSR count). The summed E-state index contributed by atoms with van der Waals surface area (Å²) in [6.07, 6.45) is 2.76. The van der Waals surface area contributed by atoms with Crippen LogP contribution in [0, 0.1) is 12.7 Å². The smallest absolute Gasteiger partial charge is 0.387 e. The molecule has 7 heteroatoms. The van der Waals surface area contributed by atoms with E-state index < -0.39 is 12.5 Å². The van der Waals surface area contributed by atoms with Crippen molar-refractivity contribution in [1.29, 1.82) is 0 Å². The molecule has 25 heavy (non-hydrogen) atoms. The van der Waals surface area contributed by atoms with Crippen molar-refractivity contribution in [1.82, 2.24) is 0 Å². The lowest BCUT2D eigenvalue weighted by molar-refractivity contribution is -0.111. The standard InChI is InChI=1S/C18H16F3NO3/c1-11-9-13(19)5-6-14(11)22-17(23)8-4-12-3-7-15(25-18(20)21)16(10-12)24-2/h3-10,18H,1-2H3,(H,22,23)/b8-4+. The number of hydrogen-bond donors (Lipinski definition) is 1. The minimum absolute atomic E-state index is 0.0963. The van der Waals surface area contributed by atoms with Crippen molar-refractivity contribution in [3.05, 3.63) is 59.4 Å². The number of alkyl halides is 2. The van der Waals surface area contributed by atoms with Crippen molar-refractivity contribution >= 4 is 17.7 Å². The number of benzene rings is 2. The summed E-state index contributed by atoms with van der Waals surface area (Å²) in [5.41, 5.74) is 1.65. The molecule has 1 N–H and O–H groups in total. The largest absolute Gasteiger partial charge is 0.493 e. The molecule has 0 aliphatic carbocycles. The maximum absolute atomic E-state index is 13.0. The maximum Gasteiger partial charge on any atom is 0.387 e. The predicted octanol–water partition coefficient (Wildman–Crippen LogP) is 4.40. The van der Waals surface area contributed by atoms with Crippen LogP contribution in [0.5, 0.6) is 11.5 Å². The highest BCUT2D eigenvalue weighted by Crippen LogP contribution is 2.29. The molecular formula is C18H16F3NO3. The zero-order valence-electron chi connectivity index (χ0n) is 13.6. The van der Waals surface area contributed by atoms with Crippen LogP contribution in [0.4, 0.5) is 18.9 Å². The Morgan fingerprint density at radius 1 is 1.16 bits per heavy atom. The van der Waals surface area contributed by atoms with Crippen molar-refractivity contribution in [3.8, 4) is 11.5 Å². The van der Waals surface area contributed by atoms with Crippen LogP contribution in [0.25, 0.3) is 6.08 Å². The number of rotatable bonds is 6. The van der Waals surface area contributed by atoms with Crippen LogP contribution >= 0.6 is 0 Å². The molecule has 1 amide bonds. The van der Waals surface area contributed by atoms with Crippen molar-refractivity contribution in [2.75, 3.05) is 12.4 Å². The van der Waals surface area contributed by atoms with Gasteiger partial charge in [-0.05, 0) is 54.5 Å². The third kappa shape index (κ3) is 5.27. The molecule has 0 aliphatic rings. The van der Waals surface area contributed by atoms with E-state index in [2.05, 4.69) is 10.1 Å². The number of carbonyl (C=O) groups is 1. The number of hydrogen-bond acceptors (Lipinski definition) is 3. The normalized spacial score (nSPS) is 11.0. The number of carbonyl (C=O) groups excluding carboxylic acids is 1. The molecule has 0 heterocycles. The molecule has 0 aromatic heterocycles. The van der Waals surface area contributed by atoms with Crippen LogP contribution in [0.1, 0.15) is 11.1 Å². The summed E-state index contributed by atoms with van der Waals surface area (Å²) >= 11 is 0. The molecule has 0 saturated carbocycles. The average molecular weight is 351 g/mol. The van der Waals surface area contributed by atoms with Gasteiger partial charge in [-0.25, -0.2) is 4.39 Å². The van der Waals surface area contributed by atoms with Crippen molar-refractivity contribution in [2.45, 2.75) is 13.5 Å². The Balaban J connectivity index is 2.08. The van der Waals surface area contributed by atoms with Crippen molar-refractivity contribution in [3.63, 3.8) is 0 Å². The lowest BCUT2D eigenvalue weighted by Crippen LogP contribution is -2.09. The lowest BCUT2D eigenvalue weighted by Gasteiger charge is -2.10. The van der Waals surface area contributed by atoms with Gasteiger partial charge in [0, 0.05) is 11.8 Å². The maximum atomic E-state index is 13.0. The Kier molecular flexibility index (Phi) is 6.05. The van der Waals surface area contributed by atoms with E-state index in [1.807, 2.05) is 0 Å². The number of ether oxygens (including phenoxy) is 2. The van der Waals surface area contributed by atoms with E-state index in [-0.39, 0.29) is 17.3 Å². The van der Waals surface area contributed by atoms with Crippen LogP contribution < -0.4 is 14.8 Å². The summed E-state index contributed by atoms with van der Waals surface area (Å²) in [6.45, 7) is -1.28. The molecule has 0 aliphatic heterocycles. The highest BCUT2D eigenvalue weighted by molar-refractivity contribution is 6.02. The third-order valence-corrected chi connectivity index (χ3v) is 3.28. The zero-order valence-corrected chi connectivity index (χ0v) is 13.6. The molecule has 0 saturated heterocycles. The number of anilines is 1. The molecule has 0 unspecified atom stereocenters. The SMILES string of the molecule is COc1cc(/C=C/C(=O)Nc2ccc(F)cc2C)ccc1OC(F)F. The fraction of sp³-hybridized carbons (Fsp3) is 0.167. The number of amides is 1. The van der Waals surface area contributed by atoms with Gasteiger partial charge in [-0.3, -0.25) is 4.79 Å². The van der Waals surface area contributed by atoms with Crippen molar-refractivity contribution in [2.24, 2.45) is 0 Å². The number of aryl methyl sites for hydroxylation is 1. The van der Waals surface area contributed by atoms with E-state index >= 15 is 0 Å². The Morgan fingerprint density at radius 2 is 1.92 bits per heavy atom. The monoisotopic (exact) mass is 351 g/mol. The molecule has 4 nitrogen and oxygen atoms in total. The highest BCUT2D eigenvalue weighted by Gasteiger charge is 2.10. The van der Waals surface area contributed by atoms with Crippen LogP contribution in [0.3, 0.4) is 0 Å². The van der Waals surface area contributed by atoms with Gasteiger partial charge in [0.2, 0.25) is 5.91 Å². The fourth-order valence-electron chi connectivity index (χ4n) is 2.09. The van der Waals surface area contributed by atoms with Gasteiger partial charge in [0.05, 0.1) is 7.11 Å². The van der Waals surface area contributed by atoms with E-state index in [0.29, 0.717) is 16.8 Å². The average Bonchev–Trinajstić information content (AvgIpc) is 2.56. The topological polar surface area (TPSA) is 47.6 Å². The number of methoxy groups -OCH3 is 1. The second-order valence-corrected chi connectivity index (χ2v) is 5.07. The van der Waals surface area contributed by atoms with E-state index in [0.717, 1.165) is 0 Å². The summed E-state index contributed by atoms with van der Waals surface area (Å²) in [6, 6.07) is 8.32. The molecule has 0 bridgehead atoms. The van der Waals surface area contributed by atoms with E-state index in [1.54, 1.807) is 6.92 Å². The van der Waals surface area contributed by atoms with E-state index in [4.69, 9.17) is 4.74 Å². The van der Waals surface area contributed by atoms with Gasteiger partial charge >= 0.3 is 6.61 Å². The Labute approximate surface area is 142 Å². The summed E-state index contributed by atoms with van der Waals surface area (Å²) < 4.78 is 46.9. The molecule has 0 spiro atoms. The van der Waals surface area contributed by atoms with Gasteiger partial charge in [0.15, 0.2) is 11.5 Å². The Hall–Kier alpha value is -2.96. The Morgan fingerprint density at radius 3 is 2.56 bits per heavy atom. The van der Waals surface area contributed by atoms with E-state index in [1.165, 1.54) is 55.7 Å². The van der Waals surface area contributed by atoms with Crippen LogP contribution in [0.2, 0.25) is 0 Å². The zero-order chi connectivity index (χ0) is 18.4. The lowest BCUT2D eigenvalue weighted by atomic mass is 10.1. The van der Waals surface area contributed by atoms with Gasteiger partial charge in [-0.2, -0.15) is 8.78 Å². The van der Waals surface area contributed by atoms with Crippen LogP contribution in [0.15, 0.2) is 42.5 Å². The second-order valence-electron chi connectivity index (χ2n) is 5.07. The van der Waals surface area contributed by atoms with Crippen molar-refractivity contribution < 1.29 is 27.4 Å². The minimum Gasteiger partial charge on any atom is -0.493 e. The summed E-state index contributed by atoms with van der Waals surface area (Å²) in [7, 11) is 1.32. The van der Waals surface area contributed by atoms with Gasteiger partial charge in [-0.1, -0.05) is 6.07 Å². The first-order valence-electron chi connectivity index (χ1n) is 7.27. The minimum atomic E-state index is -2.96. The first-order valence-corrected chi connectivity index (χ1v) is 7.27. The van der Waals surface area contributed by atoms with Crippen LogP contribution in [-0.4, -0.2) is 19.6 Å². The van der Waals surface area contributed by atoms with E-state index in [9.17, 15) is 18.0 Å². The van der Waals surface area contributed by atoms with Crippen LogP contribution in [-0.2, 0) is 4.79 Å². The van der Waals surface area contributed by atoms with Gasteiger partial charge < -0.3 is 14.8 Å². The molecule has 0 radical (unpaired) electrons. The summed E-state index contributed by atoms with van der Waals surface area (Å²) in [5, 5.41) is 2.63. The number of nitrogens with one attached hydrogen (secondary N) is 1. The van der Waals surface area contributed by atoms with Gasteiger partial charge in [0.25, 0.3) is 0 Å². The van der Waals surface area contributed by atoms with Gasteiger partial charge in [-0.15, -0.1) is 0 Å². The molecule has 0 atom stereocenters. The summed E-state index contributed by atoms with van der Waals surface area (Å²) in [5.74, 6) is -0.774. The van der Waals surface area contributed by atoms with Gasteiger partial charge in [0.1, 0.15) is 5.82 Å². The molecular weight excluding hydrogens is 335 g/mol. The summed E-state index contributed by atoms with van der Waals surface area (Å²) in [4.78, 5) is 11.9. The fourth-order valence-corrected chi connectivity index (χ4v) is 2.09. The number of halogens is 3. The quantitative estimate of drug-likeness (QED) is 0.785. The first-order chi connectivity index (χ1) is 11.9. The second kappa shape index (κ2) is 8.23. The molecule has 2 aromatic carbocycles. The molecule has 132 valence electrons. The Bertz CT molecular complexity index is 791. The third-order valence-electron chi connectivity index (χ3n) is 3.28. The first kappa shape index (κ1) is 18.4. The predicted molar refractivity (Wildman–Crippen MR) is 88.4 cm³/mol.